The van der Waals surface area contributed by atoms with Crippen LogP contribution in [-0.4, -0.2) is 29.4 Å². The van der Waals surface area contributed by atoms with Crippen molar-refractivity contribution in [1.82, 2.24) is 4.98 Å². The first-order valence-corrected chi connectivity index (χ1v) is 7.63. The maximum absolute atomic E-state index is 9.65. The molecule has 2 aromatic rings. The van der Waals surface area contributed by atoms with Crippen LogP contribution in [0.2, 0.25) is 0 Å². The molecule has 1 aromatic carbocycles. The molecule has 5 heteroatoms. The summed E-state index contributed by atoms with van der Waals surface area (Å²) in [4.78, 5) is 4.45. The number of methoxy groups -OCH3 is 1. The molecule has 3 rings (SSSR count). The highest BCUT2D eigenvalue weighted by molar-refractivity contribution is 5.55. The van der Waals surface area contributed by atoms with Crippen LogP contribution in [-0.2, 0) is 11.3 Å². The zero-order valence-electron chi connectivity index (χ0n) is 12.7. The van der Waals surface area contributed by atoms with Crippen LogP contribution in [0, 0.1) is 0 Å². The number of hydrogen-bond donors (Lipinski definition) is 1. The molecule has 0 spiro atoms. The van der Waals surface area contributed by atoms with Crippen molar-refractivity contribution in [1.29, 1.82) is 0 Å². The average molecular weight is 303 g/mol. The van der Waals surface area contributed by atoms with E-state index >= 15 is 0 Å². The first-order chi connectivity index (χ1) is 10.7. The summed E-state index contributed by atoms with van der Waals surface area (Å²) in [5.41, 5.74) is 1.64. The maximum atomic E-state index is 9.65. The Morgan fingerprint density at radius 1 is 1.36 bits per heavy atom. The molecular formula is C17H21NO4. The topological polar surface area (TPSA) is 64.7 Å². The van der Waals surface area contributed by atoms with Crippen molar-refractivity contribution in [2.45, 2.75) is 44.5 Å². The summed E-state index contributed by atoms with van der Waals surface area (Å²) < 4.78 is 16.5. The molecule has 1 N–H and O–H groups in total. The molecule has 1 saturated carbocycles. The monoisotopic (exact) mass is 303 g/mol. The Bertz CT molecular complexity index is 610. The molecule has 22 heavy (non-hydrogen) atoms. The van der Waals surface area contributed by atoms with Gasteiger partial charge < -0.3 is 19.0 Å². The van der Waals surface area contributed by atoms with E-state index in [9.17, 15) is 5.11 Å². The minimum Gasteiger partial charge on any atom is -0.497 e. The van der Waals surface area contributed by atoms with E-state index in [2.05, 4.69) is 4.98 Å². The van der Waals surface area contributed by atoms with E-state index in [-0.39, 0.29) is 12.2 Å². The van der Waals surface area contributed by atoms with Gasteiger partial charge in [0.15, 0.2) is 0 Å². The highest BCUT2D eigenvalue weighted by Gasteiger charge is 2.21. The van der Waals surface area contributed by atoms with Gasteiger partial charge >= 0.3 is 0 Å². The van der Waals surface area contributed by atoms with Crippen molar-refractivity contribution in [2.24, 2.45) is 0 Å². The number of hydrogen-bond acceptors (Lipinski definition) is 5. The summed E-state index contributed by atoms with van der Waals surface area (Å²) in [5, 5.41) is 9.65. The van der Waals surface area contributed by atoms with Gasteiger partial charge in [0, 0.05) is 5.56 Å². The molecule has 0 bridgehead atoms. The number of ether oxygens (including phenoxy) is 2. The number of aliphatic hydroxyl groups is 1. The Labute approximate surface area is 129 Å². The molecule has 118 valence electrons. The molecular weight excluding hydrogens is 282 g/mol. The fourth-order valence-electron chi connectivity index (χ4n) is 2.74. The molecule has 1 aliphatic carbocycles. The number of oxazole rings is 1. The Morgan fingerprint density at radius 3 is 3.09 bits per heavy atom. The van der Waals surface area contributed by atoms with E-state index in [1.54, 1.807) is 13.4 Å². The molecule has 1 aromatic heterocycles. The third-order valence-electron chi connectivity index (χ3n) is 3.93. The van der Waals surface area contributed by atoms with Gasteiger partial charge in [-0.05, 0) is 43.9 Å². The van der Waals surface area contributed by atoms with E-state index < -0.39 is 0 Å². The molecule has 1 fully saturated rings. The lowest BCUT2D eigenvalue weighted by Crippen LogP contribution is -2.25. The van der Waals surface area contributed by atoms with Crippen molar-refractivity contribution in [3.8, 4) is 17.2 Å². The third kappa shape index (κ3) is 3.67. The van der Waals surface area contributed by atoms with Gasteiger partial charge in [-0.3, -0.25) is 0 Å². The van der Waals surface area contributed by atoms with E-state index in [0.717, 1.165) is 36.3 Å². The Balaban J connectivity index is 1.61. The van der Waals surface area contributed by atoms with E-state index in [0.29, 0.717) is 18.9 Å². The minimum atomic E-state index is -0.233. The van der Waals surface area contributed by atoms with Crippen LogP contribution in [0.3, 0.4) is 0 Å². The SMILES string of the molecule is COc1cccc(-c2nc(CO[C@H]3CCC[C@@H](O)C3)co2)c1. The van der Waals surface area contributed by atoms with Gasteiger partial charge in [-0.25, -0.2) is 4.98 Å². The molecule has 5 nitrogen and oxygen atoms in total. The number of aliphatic hydroxyl groups excluding tert-OH is 1. The van der Waals surface area contributed by atoms with E-state index in [4.69, 9.17) is 13.9 Å². The number of nitrogens with zero attached hydrogens (tertiary/aromatic N) is 1. The molecule has 0 aliphatic heterocycles. The second-order valence-electron chi connectivity index (χ2n) is 5.63. The number of aromatic nitrogens is 1. The lowest BCUT2D eigenvalue weighted by atomic mass is 9.95. The predicted molar refractivity (Wildman–Crippen MR) is 81.5 cm³/mol. The van der Waals surface area contributed by atoms with Gasteiger partial charge in [0.1, 0.15) is 17.7 Å². The van der Waals surface area contributed by atoms with Crippen molar-refractivity contribution in [3.05, 3.63) is 36.2 Å². The van der Waals surface area contributed by atoms with E-state index in [1.165, 1.54) is 0 Å². The summed E-state index contributed by atoms with van der Waals surface area (Å²) in [6, 6.07) is 7.59. The lowest BCUT2D eigenvalue weighted by molar-refractivity contribution is -0.0238. The van der Waals surface area contributed by atoms with Crippen LogP contribution in [0.15, 0.2) is 34.9 Å². The Hall–Kier alpha value is -1.85. The zero-order valence-corrected chi connectivity index (χ0v) is 12.7. The molecule has 2 atom stereocenters. The molecule has 1 aliphatic rings. The molecule has 0 radical (unpaired) electrons. The maximum Gasteiger partial charge on any atom is 0.226 e. The molecule has 1 heterocycles. The van der Waals surface area contributed by atoms with Crippen molar-refractivity contribution < 1.29 is 19.0 Å². The van der Waals surface area contributed by atoms with Gasteiger partial charge in [-0.15, -0.1) is 0 Å². The molecule has 0 unspecified atom stereocenters. The summed E-state index contributed by atoms with van der Waals surface area (Å²) in [5.74, 6) is 1.32. The van der Waals surface area contributed by atoms with Crippen LogP contribution in [0.5, 0.6) is 5.75 Å². The van der Waals surface area contributed by atoms with E-state index in [1.807, 2.05) is 24.3 Å². The summed E-state index contributed by atoms with van der Waals surface area (Å²) in [6.45, 7) is 0.408. The summed E-state index contributed by atoms with van der Waals surface area (Å²) >= 11 is 0. The van der Waals surface area contributed by atoms with Crippen molar-refractivity contribution in [3.63, 3.8) is 0 Å². The lowest BCUT2D eigenvalue weighted by Gasteiger charge is -2.25. The van der Waals surface area contributed by atoms with Crippen LogP contribution in [0.25, 0.3) is 11.5 Å². The average Bonchev–Trinajstić information content (AvgIpc) is 3.02. The third-order valence-corrected chi connectivity index (χ3v) is 3.93. The second-order valence-corrected chi connectivity index (χ2v) is 5.63. The van der Waals surface area contributed by atoms with Gasteiger partial charge in [-0.2, -0.15) is 0 Å². The highest BCUT2D eigenvalue weighted by Crippen LogP contribution is 2.25. The Morgan fingerprint density at radius 2 is 2.27 bits per heavy atom. The van der Waals surface area contributed by atoms with Crippen LogP contribution in [0.1, 0.15) is 31.4 Å². The first kappa shape index (κ1) is 15.1. The normalized spacial score (nSPS) is 21.7. The fraction of sp³-hybridized carbons (Fsp3) is 0.471. The quantitative estimate of drug-likeness (QED) is 0.919. The highest BCUT2D eigenvalue weighted by atomic mass is 16.5. The van der Waals surface area contributed by atoms with Gasteiger partial charge in [0.25, 0.3) is 0 Å². The fourth-order valence-corrected chi connectivity index (χ4v) is 2.74. The number of benzene rings is 1. The minimum absolute atomic E-state index is 0.112. The standard InChI is InChI=1S/C17H21NO4/c1-20-15-6-2-4-12(8-15)17-18-13(11-22-17)10-21-16-7-3-5-14(19)9-16/h2,4,6,8,11,14,16,19H,3,5,7,9-10H2,1H3/t14-,16+/m1/s1. The largest absolute Gasteiger partial charge is 0.497 e. The van der Waals surface area contributed by atoms with Gasteiger partial charge in [-0.1, -0.05) is 6.07 Å². The summed E-state index contributed by atoms with van der Waals surface area (Å²) in [6.07, 6.45) is 5.10. The predicted octanol–water partition coefficient (Wildman–Crippen LogP) is 3.17. The van der Waals surface area contributed by atoms with Gasteiger partial charge in [0.2, 0.25) is 5.89 Å². The molecule has 0 amide bonds. The molecule has 0 saturated heterocycles. The Kier molecular flexibility index (Phi) is 4.75. The van der Waals surface area contributed by atoms with Crippen molar-refractivity contribution in [2.75, 3.05) is 7.11 Å². The van der Waals surface area contributed by atoms with Gasteiger partial charge in [0.05, 0.1) is 25.9 Å². The number of rotatable bonds is 5. The second kappa shape index (κ2) is 6.94. The zero-order chi connectivity index (χ0) is 15.4. The van der Waals surface area contributed by atoms with Crippen LogP contribution >= 0.6 is 0 Å². The summed E-state index contributed by atoms with van der Waals surface area (Å²) in [7, 11) is 1.63. The van der Waals surface area contributed by atoms with Crippen LogP contribution in [0.4, 0.5) is 0 Å². The smallest absolute Gasteiger partial charge is 0.226 e. The first-order valence-electron chi connectivity index (χ1n) is 7.63. The van der Waals surface area contributed by atoms with Crippen molar-refractivity contribution >= 4 is 0 Å². The van der Waals surface area contributed by atoms with Crippen LogP contribution < -0.4 is 4.74 Å².